The van der Waals surface area contributed by atoms with Crippen LogP contribution in [0.1, 0.15) is 26.7 Å². The van der Waals surface area contributed by atoms with Gasteiger partial charge in [0.25, 0.3) is 0 Å². The number of methoxy groups -OCH3 is 1. The number of fused-ring (bicyclic) bond motifs is 1. The molecular formula is C26H28O5. The first-order chi connectivity index (χ1) is 15.0. The van der Waals surface area contributed by atoms with Gasteiger partial charge in [-0.15, -0.1) is 0 Å². The number of benzene rings is 2. The maximum atomic E-state index is 12.9. The van der Waals surface area contributed by atoms with Gasteiger partial charge in [-0.3, -0.25) is 4.79 Å². The SMILES string of the molecule is COc1ccc(-c2coc3cc(OC/C=C(\C)CC/C=C(/C)CO)ccc3c2=O)cc1. The van der Waals surface area contributed by atoms with Gasteiger partial charge in [-0.2, -0.15) is 0 Å². The van der Waals surface area contributed by atoms with Crippen LogP contribution in [-0.4, -0.2) is 25.4 Å². The molecular weight excluding hydrogens is 392 g/mol. The molecule has 1 N–H and O–H groups in total. The maximum absolute atomic E-state index is 12.9. The average molecular weight is 421 g/mol. The normalized spacial score (nSPS) is 12.3. The molecule has 0 spiro atoms. The van der Waals surface area contributed by atoms with Crippen LogP contribution in [0, 0.1) is 0 Å². The molecule has 0 aliphatic heterocycles. The van der Waals surface area contributed by atoms with Crippen molar-refractivity contribution in [3.8, 4) is 22.6 Å². The minimum atomic E-state index is -0.0834. The van der Waals surface area contributed by atoms with E-state index in [1.807, 2.05) is 43.3 Å². The third-order valence-corrected chi connectivity index (χ3v) is 5.11. The monoisotopic (exact) mass is 420 g/mol. The van der Waals surface area contributed by atoms with Crippen LogP contribution in [-0.2, 0) is 0 Å². The van der Waals surface area contributed by atoms with E-state index in [-0.39, 0.29) is 12.0 Å². The summed E-state index contributed by atoms with van der Waals surface area (Å²) in [7, 11) is 1.60. The predicted molar refractivity (Wildman–Crippen MR) is 124 cm³/mol. The topological polar surface area (TPSA) is 68.9 Å². The summed E-state index contributed by atoms with van der Waals surface area (Å²) in [5.41, 5.74) is 3.90. The van der Waals surface area contributed by atoms with Crippen LogP contribution in [0.5, 0.6) is 11.5 Å². The molecule has 2 aromatic carbocycles. The summed E-state index contributed by atoms with van der Waals surface area (Å²) in [6.07, 6.45) is 7.38. The highest BCUT2D eigenvalue weighted by Gasteiger charge is 2.10. The second kappa shape index (κ2) is 10.6. The summed E-state index contributed by atoms with van der Waals surface area (Å²) in [5.74, 6) is 1.38. The molecule has 0 bridgehead atoms. The highest BCUT2D eigenvalue weighted by molar-refractivity contribution is 5.82. The summed E-state index contributed by atoms with van der Waals surface area (Å²) in [6, 6.07) is 12.6. The smallest absolute Gasteiger partial charge is 0.200 e. The molecule has 0 radical (unpaired) electrons. The molecule has 5 heteroatoms. The lowest BCUT2D eigenvalue weighted by Gasteiger charge is -2.07. The summed E-state index contributed by atoms with van der Waals surface area (Å²) >= 11 is 0. The number of ether oxygens (including phenoxy) is 2. The molecule has 162 valence electrons. The van der Waals surface area contributed by atoms with Gasteiger partial charge in [0.2, 0.25) is 0 Å². The van der Waals surface area contributed by atoms with Gasteiger partial charge in [0.05, 0.1) is 24.7 Å². The molecule has 3 aromatic rings. The molecule has 0 atom stereocenters. The maximum Gasteiger partial charge on any atom is 0.200 e. The van der Waals surface area contributed by atoms with E-state index in [0.29, 0.717) is 28.9 Å². The van der Waals surface area contributed by atoms with Crippen LogP contribution in [0.4, 0.5) is 0 Å². The van der Waals surface area contributed by atoms with Crippen molar-refractivity contribution in [2.75, 3.05) is 20.3 Å². The molecule has 0 aliphatic carbocycles. The number of rotatable bonds is 9. The third-order valence-electron chi connectivity index (χ3n) is 5.11. The first-order valence-electron chi connectivity index (χ1n) is 10.3. The zero-order chi connectivity index (χ0) is 22.2. The predicted octanol–water partition coefficient (Wildman–Crippen LogP) is 5.51. The fourth-order valence-corrected chi connectivity index (χ4v) is 3.16. The molecule has 0 fully saturated rings. The van der Waals surface area contributed by atoms with Gasteiger partial charge in [-0.25, -0.2) is 0 Å². The van der Waals surface area contributed by atoms with Crippen LogP contribution < -0.4 is 14.9 Å². The number of hydrogen-bond donors (Lipinski definition) is 1. The second-order valence-corrected chi connectivity index (χ2v) is 7.47. The van der Waals surface area contributed by atoms with Crippen LogP contribution in [0.15, 0.2) is 81.2 Å². The minimum Gasteiger partial charge on any atom is -0.497 e. The summed E-state index contributed by atoms with van der Waals surface area (Å²) in [4.78, 5) is 12.9. The van der Waals surface area contributed by atoms with E-state index in [9.17, 15) is 4.79 Å². The molecule has 5 nitrogen and oxygen atoms in total. The Morgan fingerprint density at radius 3 is 2.48 bits per heavy atom. The highest BCUT2D eigenvalue weighted by atomic mass is 16.5. The van der Waals surface area contributed by atoms with Crippen molar-refractivity contribution in [2.45, 2.75) is 26.7 Å². The van der Waals surface area contributed by atoms with Crippen LogP contribution in [0.2, 0.25) is 0 Å². The van der Waals surface area contributed by atoms with Crippen molar-refractivity contribution in [1.82, 2.24) is 0 Å². The fraction of sp³-hybridized carbons (Fsp3) is 0.269. The van der Waals surface area contributed by atoms with Gasteiger partial charge in [0, 0.05) is 6.07 Å². The van der Waals surface area contributed by atoms with Gasteiger partial charge < -0.3 is 19.0 Å². The van der Waals surface area contributed by atoms with Gasteiger partial charge >= 0.3 is 0 Å². The van der Waals surface area contributed by atoms with Crippen LogP contribution >= 0.6 is 0 Å². The molecule has 0 unspecified atom stereocenters. The van der Waals surface area contributed by atoms with Gasteiger partial charge in [-0.1, -0.05) is 29.4 Å². The fourth-order valence-electron chi connectivity index (χ4n) is 3.16. The lowest BCUT2D eigenvalue weighted by molar-refractivity contribution is 0.331. The van der Waals surface area contributed by atoms with Gasteiger partial charge in [-0.05, 0) is 62.6 Å². The number of hydrogen-bond acceptors (Lipinski definition) is 5. The van der Waals surface area contributed by atoms with E-state index < -0.39 is 0 Å². The lowest BCUT2D eigenvalue weighted by Crippen LogP contribution is -2.05. The summed E-state index contributed by atoms with van der Waals surface area (Å²) < 4.78 is 16.7. The Morgan fingerprint density at radius 1 is 1.03 bits per heavy atom. The van der Waals surface area contributed by atoms with E-state index in [1.54, 1.807) is 25.3 Å². The Kier molecular flexibility index (Phi) is 7.68. The average Bonchev–Trinajstić information content (AvgIpc) is 2.79. The van der Waals surface area contributed by atoms with E-state index in [2.05, 4.69) is 6.92 Å². The molecule has 0 saturated heterocycles. The standard InChI is InChI=1S/C26H28O5/c1-18(5-4-6-19(2)16-27)13-14-30-22-11-12-23-25(15-22)31-17-24(26(23)28)20-7-9-21(29-3)10-8-20/h6-13,15,17,27H,4-5,14,16H2,1-3H3/b18-13+,19-6-. The molecule has 1 heterocycles. The Morgan fingerprint density at radius 2 is 1.77 bits per heavy atom. The molecule has 31 heavy (non-hydrogen) atoms. The second-order valence-electron chi connectivity index (χ2n) is 7.47. The molecule has 1 aromatic heterocycles. The first kappa shape index (κ1) is 22.4. The molecule has 0 amide bonds. The number of allylic oxidation sites excluding steroid dienone is 2. The minimum absolute atomic E-state index is 0.0834. The largest absolute Gasteiger partial charge is 0.497 e. The quantitative estimate of drug-likeness (QED) is 0.462. The zero-order valence-corrected chi connectivity index (χ0v) is 18.2. The van der Waals surface area contributed by atoms with Crippen LogP contribution in [0.25, 0.3) is 22.1 Å². The van der Waals surface area contributed by atoms with Crippen molar-refractivity contribution in [3.63, 3.8) is 0 Å². The first-order valence-corrected chi connectivity index (χ1v) is 10.3. The van der Waals surface area contributed by atoms with Crippen molar-refractivity contribution in [1.29, 1.82) is 0 Å². The lowest BCUT2D eigenvalue weighted by atomic mass is 10.1. The van der Waals surface area contributed by atoms with Crippen molar-refractivity contribution in [3.05, 3.63) is 82.2 Å². The van der Waals surface area contributed by atoms with E-state index in [0.717, 1.165) is 29.7 Å². The van der Waals surface area contributed by atoms with Crippen molar-refractivity contribution < 1.29 is 19.0 Å². The Hall–Kier alpha value is -3.31. The highest BCUT2D eigenvalue weighted by Crippen LogP contribution is 2.24. The molecule has 3 rings (SSSR count). The Bertz CT molecular complexity index is 1140. The zero-order valence-electron chi connectivity index (χ0n) is 18.2. The van der Waals surface area contributed by atoms with Crippen molar-refractivity contribution in [2.24, 2.45) is 0 Å². The Balaban J connectivity index is 1.69. The molecule has 0 aliphatic rings. The van der Waals surface area contributed by atoms with Gasteiger partial charge in [0.15, 0.2) is 5.43 Å². The van der Waals surface area contributed by atoms with Crippen LogP contribution in [0.3, 0.4) is 0 Å². The Labute approximate surface area is 182 Å². The summed E-state index contributed by atoms with van der Waals surface area (Å²) in [5, 5.41) is 9.53. The van der Waals surface area contributed by atoms with E-state index in [4.69, 9.17) is 19.0 Å². The number of aliphatic hydroxyl groups excluding tert-OH is 1. The molecule has 0 saturated carbocycles. The third kappa shape index (κ3) is 5.86. The number of aliphatic hydroxyl groups is 1. The van der Waals surface area contributed by atoms with E-state index in [1.165, 1.54) is 11.8 Å². The summed E-state index contributed by atoms with van der Waals surface area (Å²) in [6.45, 7) is 4.52. The van der Waals surface area contributed by atoms with E-state index >= 15 is 0 Å². The van der Waals surface area contributed by atoms with Gasteiger partial charge in [0.1, 0.15) is 30.0 Å². The van der Waals surface area contributed by atoms with Crippen molar-refractivity contribution >= 4 is 11.0 Å².